The molecule has 104 valence electrons. The van der Waals surface area contributed by atoms with Crippen molar-refractivity contribution in [3.63, 3.8) is 0 Å². The molecule has 0 amide bonds. The summed E-state index contributed by atoms with van der Waals surface area (Å²) >= 11 is 0. The lowest BCUT2D eigenvalue weighted by atomic mass is 9.86. The molecule has 2 bridgehead atoms. The number of fused-ring (bicyclic) bond motifs is 2. The second-order valence-electron chi connectivity index (χ2n) is 7.99. The van der Waals surface area contributed by atoms with E-state index in [-0.39, 0.29) is 0 Å². The van der Waals surface area contributed by atoms with Crippen LogP contribution in [0.1, 0.15) is 52.4 Å². The smallest absolute Gasteiger partial charge is 0.0249 e. The Morgan fingerprint density at radius 2 is 1.94 bits per heavy atom. The van der Waals surface area contributed by atoms with E-state index in [0.29, 0.717) is 17.5 Å². The summed E-state index contributed by atoms with van der Waals surface area (Å²) in [6.07, 6.45) is 8.64. The summed E-state index contributed by atoms with van der Waals surface area (Å²) in [6, 6.07) is 0.986. The van der Waals surface area contributed by atoms with E-state index in [1.54, 1.807) is 0 Å². The number of nitrogens with two attached hydrogens (primary N) is 1. The van der Waals surface area contributed by atoms with Crippen LogP contribution in [-0.2, 0) is 0 Å². The van der Waals surface area contributed by atoms with Crippen LogP contribution in [0.15, 0.2) is 0 Å². The summed E-state index contributed by atoms with van der Waals surface area (Å²) < 4.78 is 0. The summed E-state index contributed by atoms with van der Waals surface area (Å²) in [5, 5.41) is 0. The Hall–Kier alpha value is -0.0800. The Kier molecular flexibility index (Phi) is 3.22. The fourth-order valence-corrected chi connectivity index (χ4v) is 4.99. The zero-order valence-electron chi connectivity index (χ0n) is 12.4. The van der Waals surface area contributed by atoms with Crippen molar-refractivity contribution in [3.8, 4) is 0 Å². The second-order valence-corrected chi connectivity index (χ2v) is 7.99. The van der Waals surface area contributed by atoms with E-state index < -0.39 is 0 Å². The maximum absolute atomic E-state index is 6.47. The van der Waals surface area contributed by atoms with Gasteiger partial charge >= 0.3 is 0 Å². The summed E-state index contributed by atoms with van der Waals surface area (Å²) in [7, 11) is 2.32. The molecule has 0 aliphatic heterocycles. The highest BCUT2D eigenvalue weighted by molar-refractivity contribution is 5.00. The molecule has 3 aliphatic carbocycles. The molecule has 3 saturated carbocycles. The molecular formula is C16H30N2. The SMILES string of the molecule is CN(CC1CC2CCC1C2)C1CCC(C)(C)C1N. The summed E-state index contributed by atoms with van der Waals surface area (Å²) in [4.78, 5) is 2.60. The summed E-state index contributed by atoms with van der Waals surface area (Å²) in [5.74, 6) is 3.09. The Balaban J connectivity index is 1.57. The van der Waals surface area contributed by atoms with Crippen molar-refractivity contribution >= 4 is 0 Å². The van der Waals surface area contributed by atoms with Gasteiger partial charge in [0.05, 0.1) is 0 Å². The molecule has 0 saturated heterocycles. The van der Waals surface area contributed by atoms with Gasteiger partial charge in [-0.05, 0) is 62.3 Å². The largest absolute Gasteiger partial charge is 0.326 e. The Morgan fingerprint density at radius 1 is 1.17 bits per heavy atom. The Labute approximate surface area is 112 Å². The molecule has 3 fully saturated rings. The number of hydrogen-bond acceptors (Lipinski definition) is 2. The normalized spacial score (nSPS) is 46.2. The predicted octanol–water partition coefficient (Wildman–Crippen LogP) is 2.87. The molecule has 0 aromatic heterocycles. The lowest BCUT2D eigenvalue weighted by Crippen LogP contribution is -2.49. The Bertz CT molecular complexity index is 312. The third-order valence-electron chi connectivity index (χ3n) is 6.37. The van der Waals surface area contributed by atoms with Crippen LogP contribution in [0.2, 0.25) is 0 Å². The van der Waals surface area contributed by atoms with Crippen LogP contribution < -0.4 is 5.73 Å². The minimum absolute atomic E-state index is 0.341. The van der Waals surface area contributed by atoms with Crippen LogP contribution in [0.25, 0.3) is 0 Å². The van der Waals surface area contributed by atoms with Crippen molar-refractivity contribution in [1.82, 2.24) is 4.90 Å². The fraction of sp³-hybridized carbons (Fsp3) is 1.00. The van der Waals surface area contributed by atoms with E-state index >= 15 is 0 Å². The van der Waals surface area contributed by atoms with Gasteiger partial charge in [-0.1, -0.05) is 20.3 Å². The molecule has 18 heavy (non-hydrogen) atoms. The number of likely N-dealkylation sites (N-methyl/N-ethyl adjacent to an activating group) is 1. The van der Waals surface area contributed by atoms with Crippen molar-refractivity contribution in [3.05, 3.63) is 0 Å². The number of hydrogen-bond donors (Lipinski definition) is 1. The minimum Gasteiger partial charge on any atom is -0.326 e. The average molecular weight is 250 g/mol. The lowest BCUT2D eigenvalue weighted by molar-refractivity contribution is 0.150. The van der Waals surface area contributed by atoms with Crippen molar-refractivity contribution in [2.24, 2.45) is 28.9 Å². The number of rotatable bonds is 3. The molecule has 0 aromatic rings. The molecule has 2 N–H and O–H groups in total. The van der Waals surface area contributed by atoms with Crippen molar-refractivity contribution in [2.75, 3.05) is 13.6 Å². The van der Waals surface area contributed by atoms with Crippen LogP contribution >= 0.6 is 0 Å². The summed E-state index contributed by atoms with van der Waals surface area (Å²) in [6.45, 7) is 5.97. The van der Waals surface area contributed by atoms with E-state index in [4.69, 9.17) is 5.73 Å². The van der Waals surface area contributed by atoms with E-state index in [1.165, 1.54) is 45.1 Å². The lowest BCUT2D eigenvalue weighted by Gasteiger charge is -2.35. The van der Waals surface area contributed by atoms with Gasteiger partial charge in [0.2, 0.25) is 0 Å². The molecule has 0 radical (unpaired) electrons. The van der Waals surface area contributed by atoms with E-state index in [1.807, 2.05) is 0 Å². The zero-order chi connectivity index (χ0) is 12.9. The second kappa shape index (κ2) is 4.49. The third kappa shape index (κ3) is 2.12. The molecule has 0 aromatic carbocycles. The van der Waals surface area contributed by atoms with Crippen LogP contribution in [0.5, 0.6) is 0 Å². The molecule has 0 spiro atoms. The van der Waals surface area contributed by atoms with Gasteiger partial charge in [0.1, 0.15) is 0 Å². The van der Waals surface area contributed by atoms with Gasteiger partial charge in [0.15, 0.2) is 0 Å². The van der Waals surface area contributed by atoms with E-state index in [0.717, 1.165) is 17.8 Å². The van der Waals surface area contributed by atoms with Gasteiger partial charge in [-0.2, -0.15) is 0 Å². The van der Waals surface area contributed by atoms with Crippen molar-refractivity contribution < 1.29 is 0 Å². The minimum atomic E-state index is 0.341. The first-order chi connectivity index (χ1) is 8.47. The first-order valence-corrected chi connectivity index (χ1v) is 7.93. The van der Waals surface area contributed by atoms with Gasteiger partial charge < -0.3 is 10.6 Å². The molecule has 2 heteroatoms. The molecular weight excluding hydrogens is 220 g/mol. The monoisotopic (exact) mass is 250 g/mol. The molecule has 2 nitrogen and oxygen atoms in total. The van der Waals surface area contributed by atoms with Gasteiger partial charge in [-0.15, -0.1) is 0 Å². The van der Waals surface area contributed by atoms with Crippen molar-refractivity contribution in [1.29, 1.82) is 0 Å². The van der Waals surface area contributed by atoms with E-state index in [9.17, 15) is 0 Å². The molecule has 3 aliphatic rings. The predicted molar refractivity (Wildman–Crippen MR) is 76.3 cm³/mol. The number of nitrogens with zero attached hydrogens (tertiary/aromatic N) is 1. The van der Waals surface area contributed by atoms with Crippen LogP contribution in [0, 0.1) is 23.2 Å². The quantitative estimate of drug-likeness (QED) is 0.834. The summed E-state index contributed by atoms with van der Waals surface area (Å²) in [5.41, 5.74) is 6.81. The highest BCUT2D eigenvalue weighted by atomic mass is 15.2. The Morgan fingerprint density at radius 3 is 2.44 bits per heavy atom. The van der Waals surface area contributed by atoms with Crippen LogP contribution in [0.3, 0.4) is 0 Å². The van der Waals surface area contributed by atoms with Crippen LogP contribution in [0.4, 0.5) is 0 Å². The van der Waals surface area contributed by atoms with Crippen molar-refractivity contribution in [2.45, 2.75) is 64.5 Å². The van der Waals surface area contributed by atoms with Gasteiger partial charge in [-0.3, -0.25) is 0 Å². The van der Waals surface area contributed by atoms with Gasteiger partial charge in [0.25, 0.3) is 0 Å². The average Bonchev–Trinajstić information content (AvgIpc) is 2.95. The van der Waals surface area contributed by atoms with Crippen LogP contribution in [-0.4, -0.2) is 30.6 Å². The van der Waals surface area contributed by atoms with Gasteiger partial charge in [-0.25, -0.2) is 0 Å². The first-order valence-electron chi connectivity index (χ1n) is 7.93. The highest BCUT2D eigenvalue weighted by Gasteiger charge is 2.44. The molecule has 5 atom stereocenters. The highest BCUT2D eigenvalue weighted by Crippen LogP contribution is 2.49. The third-order valence-corrected chi connectivity index (χ3v) is 6.37. The molecule has 3 rings (SSSR count). The zero-order valence-corrected chi connectivity index (χ0v) is 12.4. The maximum Gasteiger partial charge on any atom is 0.0249 e. The maximum atomic E-state index is 6.47. The topological polar surface area (TPSA) is 29.3 Å². The van der Waals surface area contributed by atoms with Gasteiger partial charge in [0, 0.05) is 18.6 Å². The standard InChI is InChI=1S/C16H30N2/c1-16(2)7-6-14(15(16)17)18(3)10-13-9-11-4-5-12(13)8-11/h11-15H,4-10,17H2,1-3H3. The fourth-order valence-electron chi connectivity index (χ4n) is 4.99. The first kappa shape index (κ1) is 12.9. The molecule has 5 unspecified atom stereocenters. The van der Waals surface area contributed by atoms with E-state index in [2.05, 4.69) is 25.8 Å². The molecule has 0 heterocycles.